The maximum Gasteiger partial charge on any atom is 0.261 e. The van der Waals surface area contributed by atoms with Crippen LogP contribution >= 0.6 is 10.7 Å². The van der Waals surface area contributed by atoms with Crippen LogP contribution in [0.2, 0.25) is 0 Å². The van der Waals surface area contributed by atoms with E-state index in [0.717, 1.165) is 5.56 Å². The Hall–Kier alpha value is -0.870. The molecule has 0 aliphatic carbocycles. The molecule has 1 aromatic rings. The number of rotatable bonds is 2. The molecule has 0 unspecified atom stereocenters. The molecule has 0 spiro atoms. The van der Waals surface area contributed by atoms with Crippen molar-refractivity contribution in [3.8, 4) is 0 Å². The summed E-state index contributed by atoms with van der Waals surface area (Å²) in [6.45, 7) is 0. The van der Waals surface area contributed by atoms with Crippen molar-refractivity contribution < 1.29 is 8.42 Å². The van der Waals surface area contributed by atoms with Gasteiger partial charge >= 0.3 is 0 Å². The van der Waals surface area contributed by atoms with Gasteiger partial charge in [0.1, 0.15) is 0 Å². The van der Waals surface area contributed by atoms with Crippen molar-refractivity contribution in [2.45, 2.75) is 4.90 Å². The van der Waals surface area contributed by atoms with Crippen LogP contribution in [0.25, 0.3) is 0 Å². The molecule has 0 aliphatic rings. The molecule has 0 amide bonds. The van der Waals surface area contributed by atoms with Crippen molar-refractivity contribution in [3.63, 3.8) is 0 Å². The minimum Gasteiger partial charge on any atom is -0.296 e. The molecule has 0 atom stereocenters. The average Bonchev–Trinajstić information content (AvgIpc) is 2.04. The number of aliphatic imine (C=N–C) groups is 1. The molecule has 1 rings (SSSR count). The molecule has 13 heavy (non-hydrogen) atoms. The Labute approximate surface area is 81.5 Å². The van der Waals surface area contributed by atoms with E-state index in [1.165, 1.54) is 12.1 Å². The van der Waals surface area contributed by atoms with Gasteiger partial charge in [-0.15, -0.1) is 0 Å². The number of hydrogen-bond donors (Lipinski definition) is 0. The summed E-state index contributed by atoms with van der Waals surface area (Å²) in [5.74, 6) is 0. The van der Waals surface area contributed by atoms with Gasteiger partial charge in [-0.1, -0.05) is 12.1 Å². The van der Waals surface area contributed by atoms with E-state index in [1.54, 1.807) is 25.4 Å². The van der Waals surface area contributed by atoms with E-state index in [1.807, 2.05) is 0 Å². The molecular weight excluding hydrogens is 210 g/mol. The molecule has 0 heterocycles. The SMILES string of the molecule is CN=Cc1ccc(S(=O)(=O)Cl)cc1. The molecule has 5 heteroatoms. The Bertz CT molecular complexity index is 408. The molecule has 0 aliphatic heterocycles. The van der Waals surface area contributed by atoms with E-state index in [4.69, 9.17) is 10.7 Å². The summed E-state index contributed by atoms with van der Waals surface area (Å²) in [4.78, 5) is 3.89. The molecule has 1 aromatic carbocycles. The molecule has 3 nitrogen and oxygen atoms in total. The molecule has 0 N–H and O–H groups in total. The predicted molar refractivity (Wildman–Crippen MR) is 53.0 cm³/mol. The minimum atomic E-state index is -3.61. The van der Waals surface area contributed by atoms with Gasteiger partial charge in [0.15, 0.2) is 0 Å². The van der Waals surface area contributed by atoms with E-state index in [9.17, 15) is 8.42 Å². The Morgan fingerprint density at radius 2 is 1.85 bits per heavy atom. The molecule has 0 bridgehead atoms. The lowest BCUT2D eigenvalue weighted by molar-refractivity contribution is 0.609. The maximum atomic E-state index is 10.8. The van der Waals surface area contributed by atoms with Gasteiger partial charge in [-0.05, 0) is 17.7 Å². The highest BCUT2D eigenvalue weighted by molar-refractivity contribution is 8.13. The minimum absolute atomic E-state index is 0.0995. The van der Waals surface area contributed by atoms with E-state index >= 15 is 0 Å². The van der Waals surface area contributed by atoms with Crippen molar-refractivity contribution >= 4 is 25.9 Å². The van der Waals surface area contributed by atoms with Gasteiger partial charge in [-0.3, -0.25) is 4.99 Å². The normalized spacial score (nSPS) is 12.2. The van der Waals surface area contributed by atoms with Gasteiger partial charge in [0.05, 0.1) is 4.90 Å². The number of benzene rings is 1. The summed E-state index contributed by atoms with van der Waals surface area (Å²) in [7, 11) is 3.16. The van der Waals surface area contributed by atoms with Crippen LogP contribution in [0.4, 0.5) is 0 Å². The van der Waals surface area contributed by atoms with Crippen LogP contribution in [0, 0.1) is 0 Å². The van der Waals surface area contributed by atoms with Crippen molar-refractivity contribution in [2.75, 3.05) is 7.05 Å². The lowest BCUT2D eigenvalue weighted by atomic mass is 10.2. The van der Waals surface area contributed by atoms with Crippen LogP contribution in [-0.4, -0.2) is 21.7 Å². The van der Waals surface area contributed by atoms with Crippen LogP contribution in [0.15, 0.2) is 34.2 Å². The molecule has 0 aromatic heterocycles. The van der Waals surface area contributed by atoms with Crippen molar-refractivity contribution in [1.29, 1.82) is 0 Å². The van der Waals surface area contributed by atoms with Crippen molar-refractivity contribution in [1.82, 2.24) is 0 Å². The zero-order valence-electron chi connectivity index (χ0n) is 6.94. The highest BCUT2D eigenvalue weighted by Crippen LogP contribution is 2.14. The first-order valence-corrected chi connectivity index (χ1v) is 5.82. The Balaban J connectivity index is 3.08. The zero-order valence-corrected chi connectivity index (χ0v) is 8.51. The molecule has 0 radical (unpaired) electrons. The molecule has 0 saturated carbocycles. The van der Waals surface area contributed by atoms with Gasteiger partial charge in [0.25, 0.3) is 9.05 Å². The molecule has 70 valence electrons. The third-order valence-corrected chi connectivity index (χ3v) is 2.81. The lowest BCUT2D eigenvalue weighted by Gasteiger charge is -1.95. The number of nitrogens with zero attached hydrogens (tertiary/aromatic N) is 1. The fourth-order valence-corrected chi connectivity index (χ4v) is 1.64. The van der Waals surface area contributed by atoms with Gasteiger partial charge in [-0.2, -0.15) is 0 Å². The Morgan fingerprint density at radius 1 is 1.31 bits per heavy atom. The van der Waals surface area contributed by atoms with E-state index < -0.39 is 9.05 Å². The topological polar surface area (TPSA) is 46.5 Å². The zero-order chi connectivity index (χ0) is 9.90. The quantitative estimate of drug-likeness (QED) is 0.559. The summed E-state index contributed by atoms with van der Waals surface area (Å²) < 4.78 is 21.7. The van der Waals surface area contributed by atoms with Crippen molar-refractivity contribution in [3.05, 3.63) is 29.8 Å². The molecule has 0 fully saturated rings. The Morgan fingerprint density at radius 3 is 2.23 bits per heavy atom. The van der Waals surface area contributed by atoms with Gasteiger partial charge in [-0.25, -0.2) is 8.42 Å². The van der Waals surface area contributed by atoms with E-state index in [2.05, 4.69) is 4.99 Å². The van der Waals surface area contributed by atoms with Gasteiger partial charge in [0, 0.05) is 23.9 Å². The highest BCUT2D eigenvalue weighted by Gasteiger charge is 2.07. The molecular formula is C8H8ClNO2S. The molecule has 0 saturated heterocycles. The number of hydrogen-bond acceptors (Lipinski definition) is 3. The first-order valence-electron chi connectivity index (χ1n) is 3.51. The fourth-order valence-electron chi connectivity index (χ4n) is 0.866. The first kappa shape index (κ1) is 10.2. The van der Waals surface area contributed by atoms with Crippen LogP contribution in [0.1, 0.15) is 5.56 Å². The smallest absolute Gasteiger partial charge is 0.261 e. The first-order chi connectivity index (χ1) is 6.04. The lowest BCUT2D eigenvalue weighted by Crippen LogP contribution is -1.90. The Kier molecular flexibility index (Phi) is 3.06. The van der Waals surface area contributed by atoms with E-state index in [0.29, 0.717) is 0 Å². The highest BCUT2D eigenvalue weighted by atomic mass is 35.7. The standard InChI is InChI=1S/C8H8ClNO2S/c1-10-6-7-2-4-8(5-3-7)13(9,11)12/h2-6H,1H3. The second-order valence-corrected chi connectivity index (χ2v) is 4.96. The summed E-state index contributed by atoms with van der Waals surface area (Å²) in [6, 6.07) is 6.17. The van der Waals surface area contributed by atoms with Gasteiger partial charge < -0.3 is 0 Å². The third-order valence-electron chi connectivity index (χ3n) is 1.44. The van der Waals surface area contributed by atoms with Gasteiger partial charge in [0.2, 0.25) is 0 Å². The fraction of sp³-hybridized carbons (Fsp3) is 0.125. The second-order valence-electron chi connectivity index (χ2n) is 2.39. The van der Waals surface area contributed by atoms with Crippen molar-refractivity contribution in [2.24, 2.45) is 4.99 Å². The van der Waals surface area contributed by atoms with Crippen LogP contribution < -0.4 is 0 Å². The maximum absolute atomic E-state index is 10.8. The average molecular weight is 218 g/mol. The second kappa shape index (κ2) is 3.89. The van der Waals surface area contributed by atoms with Crippen LogP contribution in [0.5, 0.6) is 0 Å². The summed E-state index contributed by atoms with van der Waals surface area (Å²) in [5.41, 5.74) is 0.839. The van der Waals surface area contributed by atoms with Crippen LogP contribution in [-0.2, 0) is 9.05 Å². The largest absolute Gasteiger partial charge is 0.296 e. The summed E-state index contributed by atoms with van der Waals surface area (Å²) in [6.07, 6.45) is 1.63. The summed E-state index contributed by atoms with van der Waals surface area (Å²) in [5, 5.41) is 0. The monoisotopic (exact) mass is 217 g/mol. The number of halogens is 1. The van der Waals surface area contributed by atoms with Crippen LogP contribution in [0.3, 0.4) is 0 Å². The summed E-state index contributed by atoms with van der Waals surface area (Å²) >= 11 is 0. The predicted octanol–water partition coefficient (Wildman–Crippen LogP) is 1.66. The van der Waals surface area contributed by atoms with E-state index in [-0.39, 0.29) is 4.90 Å². The third kappa shape index (κ3) is 2.82.